The normalized spacial score (nSPS) is 14.7. The van der Waals surface area contributed by atoms with E-state index in [1.54, 1.807) is 34.6 Å². The number of anilines is 4. The van der Waals surface area contributed by atoms with Crippen molar-refractivity contribution < 1.29 is 99.9 Å². The molecule has 538 valence electrons. The van der Waals surface area contributed by atoms with Crippen molar-refractivity contribution in [2.45, 2.75) is 120 Å². The Bertz CT molecular complexity index is 6400. The van der Waals surface area contributed by atoms with E-state index < -0.39 is 122 Å². The average Bonchev–Trinajstić information content (AvgIpc) is 0.733. The molecule has 2 aliphatic heterocycles. The zero-order valence-electron chi connectivity index (χ0n) is 55.3. The van der Waals surface area contributed by atoms with E-state index >= 15 is 0 Å². The smallest absolute Gasteiger partial charge is 0.296 e. The van der Waals surface area contributed by atoms with Crippen LogP contribution in [0.4, 0.5) is 28.4 Å². The van der Waals surface area contributed by atoms with Crippen LogP contribution in [0.15, 0.2) is 171 Å². The minimum Gasteiger partial charge on any atom is -0.456 e. The molecular formula is C70H63N3O23S7. The lowest BCUT2D eigenvalue weighted by atomic mass is 9.64. The van der Waals surface area contributed by atoms with E-state index in [2.05, 4.69) is 17.2 Å². The van der Waals surface area contributed by atoms with Crippen molar-refractivity contribution in [1.29, 1.82) is 0 Å². The van der Waals surface area contributed by atoms with Gasteiger partial charge in [0.2, 0.25) is 0 Å². The van der Waals surface area contributed by atoms with Crippen molar-refractivity contribution in [3.05, 3.63) is 204 Å². The van der Waals surface area contributed by atoms with Gasteiger partial charge in [-0.15, -0.1) is 0 Å². The molecule has 9 N–H and O–H groups in total. The number of rotatable bonds is 16. The summed E-state index contributed by atoms with van der Waals surface area (Å²) >= 11 is 0. The molecule has 0 bridgehead atoms. The Balaban J connectivity index is 0.997. The van der Waals surface area contributed by atoms with Gasteiger partial charge in [0.05, 0.1) is 22.4 Å². The number of hydrogen-bond donors (Lipinski definition) is 9. The first-order valence-corrected chi connectivity index (χ1v) is 41.1. The number of nitrogens with zero attached hydrogens (tertiary/aromatic N) is 1. The first-order chi connectivity index (χ1) is 47.8. The molecule has 0 unspecified atom stereocenters. The quantitative estimate of drug-likeness (QED) is 0.0320. The second-order valence-electron chi connectivity index (χ2n) is 25.5. The standard InChI is InChI=1S/C70H63N3O23S7/c1-35-27-54-47(28-60(35)99(80,81)82)64(45-16-10-12-18-58(45)97(74,75)76)48-29-61(100(83,84)85)51(32-55(48)95-54)71-66-37(3)23-43(24-38(66)4)70(20-14-9-15-21-70)44-25-39(5)67(40(6)26-44)72-52-33-56-49(30-62(52)101(86,87)88)65(46-17-11-13-19-59(46)98(77,78)79)50-31-63(102(89,90)91)53(34-57(50)96-56)73-68-36(2)22-41(7)69(42(68)8)103(92,93)94/h10-13,16-19,22-34,71,73H,1,9,14-15,20-21H2,2-8H3,(H,74,75,76)(H,77,78,79)(H,80,81,82)(H,83,84,85)(H,86,87,88)(H,89,90,91)(H,92,93,94). The van der Waals surface area contributed by atoms with Gasteiger partial charge in [-0.1, -0.05) is 92.6 Å². The molecule has 0 spiro atoms. The van der Waals surface area contributed by atoms with E-state index in [0.29, 0.717) is 46.3 Å². The Morgan fingerprint density at radius 2 is 0.922 bits per heavy atom. The molecule has 12 rings (SSSR count). The van der Waals surface area contributed by atoms with Crippen LogP contribution in [0, 0.1) is 48.5 Å². The molecule has 4 aliphatic rings. The summed E-state index contributed by atoms with van der Waals surface area (Å²) in [7, 11) is -35.9. The summed E-state index contributed by atoms with van der Waals surface area (Å²) in [5, 5.41) is 4.95. The monoisotopic (exact) mass is 1540 g/mol. The third-order valence-corrected chi connectivity index (χ3v) is 25.2. The molecule has 26 nitrogen and oxygen atoms in total. The Kier molecular flexibility index (Phi) is 18.4. The number of aryl methyl sites for hydroxylation is 6. The van der Waals surface area contributed by atoms with Gasteiger partial charge in [0.1, 0.15) is 57.1 Å². The number of nitrogens with one attached hydrogen (secondary N) is 2. The van der Waals surface area contributed by atoms with E-state index in [4.69, 9.17) is 14.1 Å². The lowest BCUT2D eigenvalue weighted by molar-refractivity contribution is 0.345. The summed E-state index contributed by atoms with van der Waals surface area (Å²) in [6, 6.07) is 27.3. The molecule has 0 saturated heterocycles. The molecule has 103 heavy (non-hydrogen) atoms. The van der Waals surface area contributed by atoms with Gasteiger partial charge in [-0.25, -0.2) is 4.99 Å². The van der Waals surface area contributed by atoms with Crippen LogP contribution in [0.25, 0.3) is 45.6 Å². The van der Waals surface area contributed by atoms with Gasteiger partial charge in [0.25, 0.3) is 70.8 Å². The minimum atomic E-state index is -5.33. The van der Waals surface area contributed by atoms with Crippen LogP contribution < -0.4 is 31.2 Å². The predicted molar refractivity (Wildman–Crippen MR) is 381 cm³/mol. The van der Waals surface area contributed by atoms with Crippen LogP contribution >= 0.6 is 0 Å². The van der Waals surface area contributed by atoms with E-state index in [-0.39, 0.29) is 100 Å². The minimum absolute atomic E-state index is 0.0171. The first kappa shape index (κ1) is 73.7. The summed E-state index contributed by atoms with van der Waals surface area (Å²) in [6.07, 6.45) is 3.69. The number of benzene rings is 9. The third kappa shape index (κ3) is 13.7. The molecular weight excluding hydrogens is 1480 g/mol. The lowest BCUT2D eigenvalue weighted by Gasteiger charge is -2.40. The van der Waals surface area contributed by atoms with Crippen molar-refractivity contribution in [3.63, 3.8) is 0 Å². The van der Waals surface area contributed by atoms with Gasteiger partial charge in [-0.05, 0) is 159 Å². The molecule has 0 aromatic heterocycles. The van der Waals surface area contributed by atoms with Gasteiger partial charge < -0.3 is 19.8 Å². The largest absolute Gasteiger partial charge is 0.456 e. The number of hydrogen-bond acceptors (Lipinski definition) is 19. The fourth-order valence-corrected chi connectivity index (χ4v) is 19.3. The van der Waals surface area contributed by atoms with Gasteiger partial charge in [0, 0.05) is 79.0 Å². The van der Waals surface area contributed by atoms with Crippen LogP contribution in [-0.2, 0) is 76.2 Å². The Morgan fingerprint density at radius 1 is 0.437 bits per heavy atom. The van der Waals surface area contributed by atoms with E-state index in [9.17, 15) is 90.8 Å². The van der Waals surface area contributed by atoms with E-state index in [1.165, 1.54) is 68.4 Å². The molecule has 1 fully saturated rings. The Labute approximate surface area is 592 Å². The van der Waals surface area contributed by atoms with Crippen molar-refractivity contribution in [1.82, 2.24) is 0 Å². The highest BCUT2D eigenvalue weighted by Crippen LogP contribution is 2.51. The molecule has 0 radical (unpaired) electrons. The second-order valence-corrected chi connectivity index (χ2v) is 35.2. The predicted octanol–water partition coefficient (Wildman–Crippen LogP) is 11.8. The van der Waals surface area contributed by atoms with Crippen LogP contribution in [0.1, 0.15) is 93.3 Å². The number of fused-ring (bicyclic) bond motifs is 4. The van der Waals surface area contributed by atoms with Crippen LogP contribution in [-0.4, -0.2) is 90.8 Å². The maximum atomic E-state index is 13.8. The van der Waals surface area contributed by atoms with Gasteiger partial charge in [-0.3, -0.25) is 31.9 Å². The highest BCUT2D eigenvalue weighted by Gasteiger charge is 2.39. The molecule has 0 amide bonds. The summed E-state index contributed by atoms with van der Waals surface area (Å²) in [4.78, 5) is -0.204. The van der Waals surface area contributed by atoms with Gasteiger partial charge in [-0.2, -0.15) is 58.9 Å². The Hall–Kier alpha value is -9.04. The number of ether oxygens (including phenoxy) is 1. The fraction of sp³-hybridized carbons (Fsp3) is 0.186. The topological polar surface area (TPSA) is 439 Å². The molecule has 8 aromatic rings. The average molecular weight is 1540 g/mol. The zero-order valence-corrected chi connectivity index (χ0v) is 61.0. The highest BCUT2D eigenvalue weighted by molar-refractivity contribution is 7.87. The van der Waals surface area contributed by atoms with Crippen molar-refractivity contribution in [2.24, 2.45) is 4.99 Å². The van der Waals surface area contributed by atoms with Crippen molar-refractivity contribution in [3.8, 4) is 33.9 Å². The molecule has 2 heterocycles. The van der Waals surface area contributed by atoms with Gasteiger partial charge >= 0.3 is 0 Å². The van der Waals surface area contributed by atoms with Crippen LogP contribution in [0.2, 0.25) is 0 Å². The van der Waals surface area contributed by atoms with Crippen molar-refractivity contribution >= 4 is 122 Å². The molecule has 2 aliphatic carbocycles. The summed E-state index contributed by atoms with van der Waals surface area (Å²) < 4.78 is 271. The van der Waals surface area contributed by atoms with Crippen LogP contribution in [0.5, 0.6) is 11.5 Å². The maximum Gasteiger partial charge on any atom is 0.296 e. The summed E-state index contributed by atoms with van der Waals surface area (Å²) in [5.74, 6) is -0.491. The molecule has 33 heteroatoms. The zero-order chi connectivity index (χ0) is 75.1. The summed E-state index contributed by atoms with van der Waals surface area (Å²) in [5.41, 5.74) is 1.83. The van der Waals surface area contributed by atoms with Gasteiger partial charge in [0.15, 0.2) is 0 Å². The van der Waals surface area contributed by atoms with E-state index in [0.717, 1.165) is 78.9 Å². The Morgan fingerprint density at radius 3 is 1.48 bits per heavy atom. The highest BCUT2D eigenvalue weighted by atomic mass is 32.2. The van der Waals surface area contributed by atoms with Crippen molar-refractivity contribution in [2.75, 3.05) is 10.6 Å². The SMILES string of the molecule is C=c1cc2c(cc1S(=O)(=O)O)=C(c1ccccc1S(=O)(=O)O)c1cc(S(=O)(=O)O)c(Nc3c(C)cc(C4(c5cc(C)c(N=c6cc7oc8cc(Nc9c(C)cc(C)c(S(=O)(=O)O)c9C)c(S(=O)(=O)O)cc8c(-c8ccccc8S(=O)(=O)O)c-7cc6S(=O)(=O)O)c(C)c5)CCCCC4)cc3C)cc1O2. The second kappa shape index (κ2) is 25.7. The van der Waals surface area contributed by atoms with Crippen LogP contribution in [0.3, 0.4) is 0 Å². The lowest BCUT2D eigenvalue weighted by Crippen LogP contribution is -2.31. The third-order valence-electron chi connectivity index (χ3n) is 18.6. The molecule has 1 saturated carbocycles. The summed E-state index contributed by atoms with van der Waals surface area (Å²) in [6.45, 7) is 15.1. The van der Waals surface area contributed by atoms with E-state index in [1.807, 2.05) is 24.3 Å². The first-order valence-electron chi connectivity index (χ1n) is 31.0. The molecule has 8 aromatic carbocycles. The molecule has 0 atom stereocenters. The maximum absolute atomic E-state index is 13.8. The fourth-order valence-electron chi connectivity index (χ4n) is 14.3.